The van der Waals surface area contributed by atoms with Gasteiger partial charge in [0, 0.05) is 13.3 Å². The van der Waals surface area contributed by atoms with Crippen LogP contribution < -0.4 is 10.5 Å². The second kappa shape index (κ2) is 5.17. The Bertz CT molecular complexity index is 689. The highest BCUT2D eigenvalue weighted by molar-refractivity contribution is 7.95. The molecule has 0 spiro atoms. The number of nitrogens with two attached hydrogens (primary N) is 1. The third-order valence-electron chi connectivity index (χ3n) is 2.20. The largest absolute Gasteiger partial charge is 0.384 e. The number of sulfonamides is 1. The highest BCUT2D eigenvalue weighted by atomic mass is 32.2. The molecule has 0 amide bonds. The zero-order chi connectivity index (χ0) is 14.8. The van der Waals surface area contributed by atoms with Gasteiger partial charge in [0.2, 0.25) is 10.0 Å². The number of nitrogens with zero attached hydrogens (tertiary/aromatic N) is 2. The number of aryl methyl sites for hydroxylation is 1. The van der Waals surface area contributed by atoms with E-state index in [2.05, 4.69) is 9.82 Å². The topological polar surface area (TPSA) is 148 Å². The first kappa shape index (κ1) is 15.4. The maximum absolute atomic E-state index is 11.7. The lowest BCUT2D eigenvalue weighted by Crippen LogP contribution is -2.25. The van der Waals surface area contributed by atoms with Crippen LogP contribution in [-0.4, -0.2) is 50.2 Å². The molecule has 108 valence electrons. The summed E-state index contributed by atoms with van der Waals surface area (Å²) in [6.07, 6.45) is 2.20. The molecule has 19 heavy (non-hydrogen) atoms. The molecule has 0 bridgehead atoms. The molecule has 0 radical (unpaired) electrons. The summed E-state index contributed by atoms with van der Waals surface area (Å²) in [5.41, 5.74) is 5.42. The third-order valence-corrected chi connectivity index (χ3v) is 4.65. The van der Waals surface area contributed by atoms with E-state index in [-0.39, 0.29) is 17.2 Å². The van der Waals surface area contributed by atoms with Gasteiger partial charge in [-0.3, -0.25) is 14.8 Å². The van der Waals surface area contributed by atoms with Gasteiger partial charge in [-0.15, -0.1) is 0 Å². The van der Waals surface area contributed by atoms with Crippen molar-refractivity contribution in [1.82, 2.24) is 9.78 Å². The predicted octanol–water partition coefficient (Wildman–Crippen LogP) is -1.51. The lowest BCUT2D eigenvalue weighted by molar-refractivity contribution is 0.593. The first-order chi connectivity index (χ1) is 8.52. The van der Waals surface area contributed by atoms with E-state index < -0.39 is 31.4 Å². The van der Waals surface area contributed by atoms with Crippen LogP contribution in [0.1, 0.15) is 5.56 Å². The van der Waals surface area contributed by atoms with Crippen molar-refractivity contribution in [1.29, 1.82) is 5.41 Å². The molecule has 0 atom stereocenters. The molecule has 0 saturated carbocycles. The zero-order valence-corrected chi connectivity index (χ0v) is 12.0. The van der Waals surface area contributed by atoms with Crippen molar-refractivity contribution in [3.8, 4) is 0 Å². The van der Waals surface area contributed by atoms with E-state index in [0.717, 1.165) is 6.26 Å². The summed E-state index contributed by atoms with van der Waals surface area (Å²) in [7, 11) is -5.77. The van der Waals surface area contributed by atoms with Crippen LogP contribution in [0.25, 0.3) is 0 Å². The molecule has 9 nitrogen and oxygen atoms in total. The lowest BCUT2D eigenvalue weighted by atomic mass is 10.3. The zero-order valence-electron chi connectivity index (χ0n) is 10.4. The molecule has 0 aliphatic carbocycles. The predicted molar refractivity (Wildman–Crippen MR) is 71.3 cm³/mol. The van der Waals surface area contributed by atoms with Crippen LogP contribution in [-0.2, 0) is 26.9 Å². The highest BCUT2D eigenvalue weighted by Gasteiger charge is 2.19. The molecule has 0 aromatic carbocycles. The van der Waals surface area contributed by atoms with Crippen LogP contribution in [0.4, 0.5) is 5.82 Å². The first-order valence-corrected chi connectivity index (χ1v) is 8.78. The van der Waals surface area contributed by atoms with Crippen LogP contribution in [0.2, 0.25) is 0 Å². The summed E-state index contributed by atoms with van der Waals surface area (Å²) in [5, 5.41) is 11.1. The smallest absolute Gasteiger partial charge is 0.234 e. The second-order valence-electron chi connectivity index (χ2n) is 3.99. The van der Waals surface area contributed by atoms with Crippen molar-refractivity contribution in [2.24, 2.45) is 12.8 Å². The molecule has 0 fully saturated rings. The van der Waals surface area contributed by atoms with Crippen molar-refractivity contribution in [2.75, 3.05) is 22.5 Å². The second-order valence-corrected chi connectivity index (χ2v) is 8.10. The van der Waals surface area contributed by atoms with Crippen molar-refractivity contribution >= 4 is 31.5 Å². The molecule has 0 aliphatic rings. The van der Waals surface area contributed by atoms with Crippen LogP contribution in [0.15, 0.2) is 6.20 Å². The number of amidine groups is 1. The molecule has 0 saturated heterocycles. The molecule has 1 rings (SSSR count). The van der Waals surface area contributed by atoms with Crippen LogP contribution >= 0.6 is 0 Å². The normalized spacial score (nSPS) is 12.3. The minimum atomic E-state index is -3.86. The molecule has 4 N–H and O–H groups in total. The number of rotatable bonds is 6. The fourth-order valence-electron chi connectivity index (χ4n) is 1.22. The Morgan fingerprint density at radius 2 is 2.00 bits per heavy atom. The number of sulfone groups is 1. The Hall–Kier alpha value is -1.62. The van der Waals surface area contributed by atoms with Gasteiger partial charge in [-0.2, -0.15) is 5.10 Å². The number of hydrogen-bond donors (Lipinski definition) is 3. The maximum atomic E-state index is 11.7. The van der Waals surface area contributed by atoms with Crippen molar-refractivity contribution in [3.63, 3.8) is 0 Å². The average Bonchev–Trinajstić information content (AvgIpc) is 2.57. The summed E-state index contributed by atoms with van der Waals surface area (Å²) >= 11 is 0. The number of nitrogen functional groups attached to an aromatic ring is 1. The van der Waals surface area contributed by atoms with Gasteiger partial charge in [-0.1, -0.05) is 0 Å². The van der Waals surface area contributed by atoms with Crippen molar-refractivity contribution in [3.05, 3.63) is 11.8 Å². The Morgan fingerprint density at radius 1 is 1.42 bits per heavy atom. The third kappa shape index (κ3) is 4.52. The Kier molecular flexibility index (Phi) is 4.20. The fourth-order valence-corrected chi connectivity index (χ4v) is 3.94. The number of anilines is 1. The Morgan fingerprint density at radius 3 is 2.47 bits per heavy atom. The van der Waals surface area contributed by atoms with Crippen LogP contribution in [0.5, 0.6) is 0 Å². The molecule has 1 aromatic rings. The SMILES string of the molecule is Cn1ncc(C(=N)N)c1NS(=O)(=O)CCS(C)(=O)=O. The molecular formula is C8H15N5O4S2. The van der Waals surface area contributed by atoms with Crippen LogP contribution in [0.3, 0.4) is 0 Å². The molecule has 0 aliphatic heterocycles. The molecule has 11 heteroatoms. The number of hydrogen-bond acceptors (Lipinski definition) is 6. The van der Waals surface area contributed by atoms with E-state index >= 15 is 0 Å². The van der Waals surface area contributed by atoms with Gasteiger partial charge in [0.1, 0.15) is 21.5 Å². The van der Waals surface area contributed by atoms with Gasteiger partial charge in [0.25, 0.3) is 0 Å². The molecule has 1 aromatic heterocycles. The highest BCUT2D eigenvalue weighted by Crippen LogP contribution is 2.15. The van der Waals surface area contributed by atoms with Crippen molar-refractivity contribution < 1.29 is 16.8 Å². The summed E-state index contributed by atoms with van der Waals surface area (Å²) in [6.45, 7) is 0. The number of aromatic nitrogens is 2. The van der Waals surface area contributed by atoms with E-state index in [1.54, 1.807) is 0 Å². The molecule has 1 heterocycles. The van der Waals surface area contributed by atoms with E-state index in [1.807, 2.05) is 0 Å². The average molecular weight is 309 g/mol. The Balaban J connectivity index is 2.96. The van der Waals surface area contributed by atoms with Gasteiger partial charge in [-0.25, -0.2) is 16.8 Å². The standard InChI is InChI=1S/C8H15N5O4S2/c1-13-8(6(5-11-13)7(9)10)12-19(16,17)4-3-18(2,14)15/h5,12H,3-4H2,1-2H3,(H3,9,10). The molecule has 0 unspecified atom stereocenters. The van der Waals surface area contributed by atoms with E-state index in [1.165, 1.54) is 17.9 Å². The Labute approximate surface area is 111 Å². The fraction of sp³-hybridized carbons (Fsp3) is 0.500. The van der Waals surface area contributed by atoms with E-state index in [0.29, 0.717) is 0 Å². The van der Waals surface area contributed by atoms with Gasteiger partial charge in [0.15, 0.2) is 0 Å². The van der Waals surface area contributed by atoms with E-state index in [9.17, 15) is 16.8 Å². The summed E-state index contributed by atoms with van der Waals surface area (Å²) in [6, 6.07) is 0. The summed E-state index contributed by atoms with van der Waals surface area (Å²) in [4.78, 5) is 0. The minimum Gasteiger partial charge on any atom is -0.384 e. The van der Waals surface area contributed by atoms with Gasteiger partial charge >= 0.3 is 0 Å². The first-order valence-electron chi connectivity index (χ1n) is 5.06. The summed E-state index contributed by atoms with van der Waals surface area (Å²) < 4.78 is 48.8. The monoisotopic (exact) mass is 309 g/mol. The van der Waals surface area contributed by atoms with Crippen molar-refractivity contribution in [2.45, 2.75) is 0 Å². The van der Waals surface area contributed by atoms with Gasteiger partial charge in [0.05, 0.1) is 23.3 Å². The van der Waals surface area contributed by atoms with E-state index in [4.69, 9.17) is 11.1 Å². The number of nitrogens with one attached hydrogen (secondary N) is 2. The van der Waals surface area contributed by atoms with Gasteiger partial charge in [-0.05, 0) is 0 Å². The quantitative estimate of drug-likeness (QED) is 0.430. The summed E-state index contributed by atoms with van der Waals surface area (Å²) in [5.74, 6) is -1.38. The lowest BCUT2D eigenvalue weighted by Gasteiger charge is -2.09. The maximum Gasteiger partial charge on any atom is 0.234 e. The van der Waals surface area contributed by atoms with Crippen LogP contribution in [0, 0.1) is 5.41 Å². The van der Waals surface area contributed by atoms with Gasteiger partial charge < -0.3 is 5.73 Å². The minimum absolute atomic E-state index is 0.0287. The molecular weight excluding hydrogens is 294 g/mol.